The summed E-state index contributed by atoms with van der Waals surface area (Å²) in [6.07, 6.45) is 1.14. The molecule has 0 aliphatic rings. The van der Waals surface area contributed by atoms with Gasteiger partial charge in [0.15, 0.2) is 0 Å². The first kappa shape index (κ1) is 11.5. The van der Waals surface area contributed by atoms with Crippen LogP contribution < -0.4 is 5.73 Å². The topological polar surface area (TPSA) is 55.6 Å². The van der Waals surface area contributed by atoms with Gasteiger partial charge in [-0.2, -0.15) is 0 Å². The standard InChI is InChI=1S/C11H16N2O2/c1-13(15-2)11(14)8-5-9-3-6-10(12)7-4-9/h3-4,6-7H,5,8,12H2,1-2H3. The van der Waals surface area contributed by atoms with Crippen LogP contribution in [0.15, 0.2) is 24.3 Å². The van der Waals surface area contributed by atoms with Crippen LogP contribution in [0.5, 0.6) is 0 Å². The highest BCUT2D eigenvalue weighted by Crippen LogP contribution is 2.08. The van der Waals surface area contributed by atoms with Gasteiger partial charge in [0.05, 0.1) is 7.11 Å². The maximum atomic E-state index is 11.4. The van der Waals surface area contributed by atoms with E-state index < -0.39 is 0 Å². The molecule has 0 saturated carbocycles. The molecular weight excluding hydrogens is 192 g/mol. The third-order valence-corrected chi connectivity index (χ3v) is 2.23. The summed E-state index contributed by atoms with van der Waals surface area (Å²) >= 11 is 0. The first-order chi connectivity index (χ1) is 7.13. The summed E-state index contributed by atoms with van der Waals surface area (Å²) in [6.45, 7) is 0. The molecule has 82 valence electrons. The predicted octanol–water partition coefficient (Wildman–Crippen LogP) is 1.22. The number of hydrogen-bond donors (Lipinski definition) is 1. The van der Waals surface area contributed by atoms with Crippen molar-refractivity contribution >= 4 is 11.6 Å². The molecule has 0 spiro atoms. The van der Waals surface area contributed by atoms with E-state index in [0.29, 0.717) is 12.8 Å². The summed E-state index contributed by atoms with van der Waals surface area (Å²) in [5.41, 5.74) is 7.39. The number of aryl methyl sites for hydroxylation is 1. The molecule has 0 fully saturated rings. The fraction of sp³-hybridized carbons (Fsp3) is 0.364. The molecule has 4 nitrogen and oxygen atoms in total. The minimum atomic E-state index is -0.0330. The van der Waals surface area contributed by atoms with Crippen molar-refractivity contribution in [1.82, 2.24) is 5.06 Å². The molecule has 0 heterocycles. The molecule has 0 atom stereocenters. The van der Waals surface area contributed by atoms with E-state index in [1.807, 2.05) is 24.3 Å². The molecule has 0 radical (unpaired) electrons. The van der Waals surface area contributed by atoms with Crippen molar-refractivity contribution in [1.29, 1.82) is 0 Å². The number of hydroxylamine groups is 2. The maximum Gasteiger partial charge on any atom is 0.246 e. The summed E-state index contributed by atoms with van der Waals surface area (Å²) in [7, 11) is 3.08. The van der Waals surface area contributed by atoms with Crippen LogP contribution >= 0.6 is 0 Å². The molecule has 0 saturated heterocycles. The second-order valence-electron chi connectivity index (χ2n) is 3.32. The van der Waals surface area contributed by atoms with Gasteiger partial charge in [-0.25, -0.2) is 5.06 Å². The van der Waals surface area contributed by atoms with E-state index in [4.69, 9.17) is 10.6 Å². The van der Waals surface area contributed by atoms with E-state index in [1.165, 1.54) is 12.2 Å². The van der Waals surface area contributed by atoms with Gasteiger partial charge in [0.1, 0.15) is 0 Å². The number of hydrogen-bond acceptors (Lipinski definition) is 3. The van der Waals surface area contributed by atoms with Gasteiger partial charge in [0.25, 0.3) is 0 Å². The number of benzene rings is 1. The molecule has 4 heteroatoms. The van der Waals surface area contributed by atoms with Crippen LogP contribution in [0, 0.1) is 0 Å². The van der Waals surface area contributed by atoms with Crippen molar-refractivity contribution in [3.63, 3.8) is 0 Å². The van der Waals surface area contributed by atoms with Gasteiger partial charge in [-0.3, -0.25) is 9.63 Å². The van der Waals surface area contributed by atoms with Crippen molar-refractivity contribution in [3.05, 3.63) is 29.8 Å². The van der Waals surface area contributed by atoms with E-state index >= 15 is 0 Å². The lowest BCUT2D eigenvalue weighted by Gasteiger charge is -2.13. The van der Waals surface area contributed by atoms with E-state index in [0.717, 1.165) is 11.3 Å². The molecule has 0 bridgehead atoms. The lowest BCUT2D eigenvalue weighted by molar-refractivity contribution is -0.168. The molecule has 2 N–H and O–H groups in total. The van der Waals surface area contributed by atoms with Gasteiger partial charge >= 0.3 is 0 Å². The number of carbonyl (C=O) groups is 1. The molecular formula is C11H16N2O2. The molecule has 0 aliphatic heterocycles. The number of nitrogen functional groups attached to an aromatic ring is 1. The molecule has 1 amide bonds. The predicted molar refractivity (Wildman–Crippen MR) is 59.0 cm³/mol. The van der Waals surface area contributed by atoms with Crippen molar-refractivity contribution < 1.29 is 9.63 Å². The molecule has 0 aliphatic carbocycles. The number of nitrogens with two attached hydrogens (primary N) is 1. The first-order valence-corrected chi connectivity index (χ1v) is 4.78. The van der Waals surface area contributed by atoms with Gasteiger partial charge < -0.3 is 5.73 Å². The van der Waals surface area contributed by atoms with Crippen molar-refractivity contribution in [2.75, 3.05) is 19.9 Å². The quantitative estimate of drug-likeness (QED) is 0.598. The Morgan fingerprint density at radius 1 is 1.40 bits per heavy atom. The Bertz CT molecular complexity index is 322. The van der Waals surface area contributed by atoms with Gasteiger partial charge in [-0.1, -0.05) is 12.1 Å². The average Bonchev–Trinajstić information content (AvgIpc) is 2.26. The second kappa shape index (κ2) is 5.36. The maximum absolute atomic E-state index is 11.4. The summed E-state index contributed by atoms with van der Waals surface area (Å²) in [6, 6.07) is 7.52. The molecule has 1 aromatic rings. The fourth-order valence-electron chi connectivity index (χ4n) is 1.19. The third kappa shape index (κ3) is 3.59. The monoisotopic (exact) mass is 208 g/mol. The molecule has 0 unspecified atom stereocenters. The SMILES string of the molecule is CON(C)C(=O)CCc1ccc(N)cc1. The van der Waals surface area contributed by atoms with Crippen LogP contribution in [0.1, 0.15) is 12.0 Å². The highest BCUT2D eigenvalue weighted by molar-refractivity contribution is 5.75. The Labute approximate surface area is 89.6 Å². The highest BCUT2D eigenvalue weighted by Gasteiger charge is 2.07. The zero-order valence-corrected chi connectivity index (χ0v) is 9.06. The van der Waals surface area contributed by atoms with Crippen LogP contribution in [-0.4, -0.2) is 25.1 Å². The number of carbonyl (C=O) groups excluding carboxylic acids is 1. The lowest BCUT2D eigenvalue weighted by atomic mass is 10.1. The highest BCUT2D eigenvalue weighted by atomic mass is 16.7. The van der Waals surface area contributed by atoms with Crippen LogP contribution in [0.25, 0.3) is 0 Å². The summed E-state index contributed by atoms with van der Waals surface area (Å²) < 4.78 is 0. The van der Waals surface area contributed by atoms with Crippen LogP contribution in [0.4, 0.5) is 5.69 Å². The lowest BCUT2D eigenvalue weighted by Crippen LogP contribution is -2.25. The minimum absolute atomic E-state index is 0.0330. The third-order valence-electron chi connectivity index (χ3n) is 2.23. The first-order valence-electron chi connectivity index (χ1n) is 4.78. The smallest absolute Gasteiger partial charge is 0.246 e. The van der Waals surface area contributed by atoms with E-state index in [9.17, 15) is 4.79 Å². The summed E-state index contributed by atoms with van der Waals surface area (Å²) in [4.78, 5) is 16.2. The Hall–Kier alpha value is -1.55. The molecule has 15 heavy (non-hydrogen) atoms. The fourth-order valence-corrected chi connectivity index (χ4v) is 1.19. The normalized spacial score (nSPS) is 10.0. The zero-order chi connectivity index (χ0) is 11.3. The molecule has 1 aromatic carbocycles. The second-order valence-corrected chi connectivity index (χ2v) is 3.32. The summed E-state index contributed by atoms with van der Waals surface area (Å²) in [5, 5.41) is 1.23. The zero-order valence-electron chi connectivity index (χ0n) is 9.06. The Morgan fingerprint density at radius 3 is 2.53 bits per heavy atom. The Morgan fingerprint density at radius 2 is 2.00 bits per heavy atom. The molecule has 0 aromatic heterocycles. The van der Waals surface area contributed by atoms with Crippen LogP contribution in [0.3, 0.4) is 0 Å². The van der Waals surface area contributed by atoms with Gasteiger partial charge in [-0.05, 0) is 24.1 Å². The van der Waals surface area contributed by atoms with Gasteiger partial charge in [0, 0.05) is 19.2 Å². The van der Waals surface area contributed by atoms with Crippen molar-refractivity contribution in [2.24, 2.45) is 0 Å². The van der Waals surface area contributed by atoms with Crippen LogP contribution in [0.2, 0.25) is 0 Å². The summed E-state index contributed by atoms with van der Waals surface area (Å²) in [5.74, 6) is -0.0330. The Balaban J connectivity index is 2.43. The number of amides is 1. The van der Waals surface area contributed by atoms with Gasteiger partial charge in [0.2, 0.25) is 5.91 Å². The van der Waals surface area contributed by atoms with Gasteiger partial charge in [-0.15, -0.1) is 0 Å². The Kier molecular flexibility index (Phi) is 4.12. The van der Waals surface area contributed by atoms with E-state index in [1.54, 1.807) is 7.05 Å². The largest absolute Gasteiger partial charge is 0.399 e. The van der Waals surface area contributed by atoms with E-state index in [2.05, 4.69) is 0 Å². The average molecular weight is 208 g/mol. The number of anilines is 1. The molecule has 1 rings (SSSR count). The van der Waals surface area contributed by atoms with Crippen molar-refractivity contribution in [3.8, 4) is 0 Å². The minimum Gasteiger partial charge on any atom is -0.399 e. The van der Waals surface area contributed by atoms with E-state index in [-0.39, 0.29) is 5.91 Å². The van der Waals surface area contributed by atoms with Crippen LogP contribution in [-0.2, 0) is 16.1 Å². The number of nitrogens with zero attached hydrogens (tertiary/aromatic N) is 1. The number of rotatable bonds is 4. The van der Waals surface area contributed by atoms with Crippen molar-refractivity contribution in [2.45, 2.75) is 12.8 Å².